The molecule has 88 valence electrons. The molecule has 1 amide bonds. The second-order valence-electron chi connectivity index (χ2n) is 3.50. The number of nitrogens with one attached hydrogen (secondary N) is 2. The highest BCUT2D eigenvalue weighted by Gasteiger charge is 2.21. The van der Waals surface area contributed by atoms with Crippen molar-refractivity contribution in [2.45, 2.75) is 18.9 Å². The van der Waals surface area contributed by atoms with Gasteiger partial charge in [0.05, 0.1) is 12.2 Å². The number of hydrogen-bond donors (Lipinski definition) is 2. The minimum atomic E-state index is -0.410. The van der Waals surface area contributed by atoms with Crippen LogP contribution in [0, 0.1) is 5.82 Å². The van der Waals surface area contributed by atoms with Crippen LogP contribution in [0.5, 0.6) is 0 Å². The molecule has 0 saturated carbocycles. The van der Waals surface area contributed by atoms with E-state index in [0.717, 1.165) is 25.6 Å². The molecule has 1 fully saturated rings. The molecule has 16 heavy (non-hydrogen) atoms. The summed E-state index contributed by atoms with van der Waals surface area (Å²) >= 11 is 0. The maximum atomic E-state index is 12.5. The van der Waals surface area contributed by atoms with Crippen LogP contribution >= 0.6 is 12.4 Å². The zero-order valence-electron chi connectivity index (χ0n) is 8.57. The van der Waals surface area contributed by atoms with Crippen molar-refractivity contribution in [3.63, 3.8) is 0 Å². The smallest absolute Gasteiger partial charge is 0.242 e. The molecule has 1 unspecified atom stereocenters. The number of hydrogen-bond acceptors (Lipinski definition) is 3. The van der Waals surface area contributed by atoms with E-state index in [0.29, 0.717) is 5.82 Å². The van der Waals surface area contributed by atoms with Crippen molar-refractivity contribution in [1.29, 1.82) is 0 Å². The molecule has 6 heteroatoms. The fourth-order valence-electron chi connectivity index (χ4n) is 1.57. The van der Waals surface area contributed by atoms with Gasteiger partial charge in [0.15, 0.2) is 0 Å². The van der Waals surface area contributed by atoms with Gasteiger partial charge in [0.2, 0.25) is 5.91 Å². The van der Waals surface area contributed by atoms with Gasteiger partial charge in [0, 0.05) is 0 Å². The van der Waals surface area contributed by atoms with Crippen LogP contribution < -0.4 is 10.6 Å². The average molecular weight is 246 g/mol. The normalized spacial score (nSPS) is 18.9. The third-order valence-electron chi connectivity index (χ3n) is 2.36. The number of anilines is 1. The Bertz CT molecular complexity index is 352. The van der Waals surface area contributed by atoms with Crippen LogP contribution in [0.2, 0.25) is 0 Å². The number of carbonyl (C=O) groups is 1. The van der Waals surface area contributed by atoms with Crippen LogP contribution in [-0.2, 0) is 4.79 Å². The summed E-state index contributed by atoms with van der Waals surface area (Å²) in [4.78, 5) is 15.3. The van der Waals surface area contributed by atoms with Gasteiger partial charge >= 0.3 is 0 Å². The van der Waals surface area contributed by atoms with Crippen molar-refractivity contribution >= 4 is 24.1 Å². The van der Waals surface area contributed by atoms with Gasteiger partial charge in [-0.05, 0) is 31.5 Å². The fraction of sp³-hybridized carbons (Fsp3) is 0.400. The van der Waals surface area contributed by atoms with Crippen molar-refractivity contribution in [2.75, 3.05) is 11.9 Å². The Morgan fingerprint density at radius 3 is 2.94 bits per heavy atom. The standard InChI is InChI=1S/C10H12FN3O.ClH/c11-7-3-4-9(13-6-7)14-10(15)8-2-1-5-12-8;/h3-4,6,8,12H,1-2,5H2,(H,13,14,15);1H. The van der Waals surface area contributed by atoms with E-state index in [9.17, 15) is 9.18 Å². The first-order valence-electron chi connectivity index (χ1n) is 4.91. The molecule has 0 radical (unpaired) electrons. The molecule has 1 aromatic rings. The molecule has 2 heterocycles. The zero-order valence-corrected chi connectivity index (χ0v) is 9.39. The Kier molecular flexibility index (Phi) is 4.64. The lowest BCUT2D eigenvalue weighted by Crippen LogP contribution is -2.35. The van der Waals surface area contributed by atoms with Crippen LogP contribution in [0.25, 0.3) is 0 Å². The molecular formula is C10H13ClFN3O. The molecular weight excluding hydrogens is 233 g/mol. The molecule has 0 spiro atoms. The van der Waals surface area contributed by atoms with Gasteiger partial charge in [-0.15, -0.1) is 12.4 Å². The highest BCUT2D eigenvalue weighted by atomic mass is 35.5. The lowest BCUT2D eigenvalue weighted by atomic mass is 10.2. The van der Waals surface area contributed by atoms with Crippen LogP contribution in [0.4, 0.5) is 10.2 Å². The van der Waals surface area contributed by atoms with Crippen molar-refractivity contribution in [2.24, 2.45) is 0 Å². The molecule has 2 N–H and O–H groups in total. The molecule has 1 saturated heterocycles. The van der Waals surface area contributed by atoms with Gasteiger partial charge in [-0.25, -0.2) is 9.37 Å². The van der Waals surface area contributed by atoms with E-state index in [1.54, 1.807) is 0 Å². The minimum absolute atomic E-state index is 0. The number of amides is 1. The minimum Gasteiger partial charge on any atom is -0.309 e. The maximum Gasteiger partial charge on any atom is 0.242 e. The van der Waals surface area contributed by atoms with Crippen molar-refractivity contribution in [1.82, 2.24) is 10.3 Å². The molecule has 1 atom stereocenters. The predicted molar refractivity (Wildman–Crippen MR) is 61.1 cm³/mol. The van der Waals surface area contributed by atoms with Gasteiger partial charge in [0.25, 0.3) is 0 Å². The lowest BCUT2D eigenvalue weighted by Gasteiger charge is -2.09. The fourth-order valence-corrected chi connectivity index (χ4v) is 1.57. The first-order chi connectivity index (χ1) is 7.25. The number of pyridine rings is 1. The highest BCUT2D eigenvalue weighted by Crippen LogP contribution is 2.09. The molecule has 0 aromatic carbocycles. The first kappa shape index (κ1) is 12.9. The summed E-state index contributed by atoms with van der Waals surface area (Å²) in [5, 5.41) is 5.71. The molecule has 1 aromatic heterocycles. The van der Waals surface area contributed by atoms with Gasteiger partial charge in [-0.1, -0.05) is 0 Å². The van der Waals surface area contributed by atoms with Crippen LogP contribution in [-0.4, -0.2) is 23.5 Å². The van der Waals surface area contributed by atoms with E-state index in [4.69, 9.17) is 0 Å². The molecule has 0 aliphatic carbocycles. The second-order valence-corrected chi connectivity index (χ2v) is 3.50. The summed E-state index contributed by atoms with van der Waals surface area (Å²) in [7, 11) is 0. The Labute approximate surface area is 99.0 Å². The van der Waals surface area contributed by atoms with Crippen LogP contribution in [0.15, 0.2) is 18.3 Å². The molecule has 0 bridgehead atoms. The monoisotopic (exact) mass is 245 g/mol. The summed E-state index contributed by atoms with van der Waals surface area (Å²) in [6.45, 7) is 0.870. The summed E-state index contributed by atoms with van der Waals surface area (Å²) in [6.07, 6.45) is 2.93. The van der Waals surface area contributed by atoms with E-state index in [1.165, 1.54) is 12.1 Å². The molecule has 1 aliphatic rings. The predicted octanol–water partition coefficient (Wildman–Crippen LogP) is 1.33. The topological polar surface area (TPSA) is 54.0 Å². The van der Waals surface area contributed by atoms with E-state index in [2.05, 4.69) is 15.6 Å². The summed E-state index contributed by atoms with van der Waals surface area (Å²) < 4.78 is 12.5. The molecule has 1 aliphatic heterocycles. The highest BCUT2D eigenvalue weighted by molar-refractivity contribution is 5.94. The summed E-state index contributed by atoms with van der Waals surface area (Å²) in [6, 6.07) is 2.57. The van der Waals surface area contributed by atoms with E-state index in [-0.39, 0.29) is 24.4 Å². The summed E-state index contributed by atoms with van der Waals surface area (Å²) in [5.41, 5.74) is 0. The number of carbonyl (C=O) groups excluding carboxylic acids is 1. The van der Waals surface area contributed by atoms with Crippen LogP contribution in [0.1, 0.15) is 12.8 Å². The molecule has 2 rings (SSSR count). The number of nitrogens with zero attached hydrogens (tertiary/aromatic N) is 1. The second kappa shape index (κ2) is 5.77. The van der Waals surface area contributed by atoms with E-state index in [1.807, 2.05) is 0 Å². The Hall–Kier alpha value is -1.20. The molecule has 4 nitrogen and oxygen atoms in total. The van der Waals surface area contributed by atoms with E-state index >= 15 is 0 Å². The van der Waals surface area contributed by atoms with Gasteiger partial charge in [-0.2, -0.15) is 0 Å². The summed E-state index contributed by atoms with van der Waals surface area (Å²) in [5.74, 6) is -0.131. The van der Waals surface area contributed by atoms with Gasteiger partial charge in [-0.3, -0.25) is 4.79 Å². The third-order valence-corrected chi connectivity index (χ3v) is 2.36. The van der Waals surface area contributed by atoms with Gasteiger partial charge < -0.3 is 10.6 Å². The largest absolute Gasteiger partial charge is 0.309 e. The maximum absolute atomic E-state index is 12.5. The SMILES string of the molecule is Cl.O=C(Nc1ccc(F)cn1)C1CCCN1. The van der Waals surface area contributed by atoms with Crippen molar-refractivity contribution in [3.8, 4) is 0 Å². The lowest BCUT2D eigenvalue weighted by molar-refractivity contribution is -0.117. The van der Waals surface area contributed by atoms with Crippen molar-refractivity contribution in [3.05, 3.63) is 24.1 Å². The number of halogens is 2. The van der Waals surface area contributed by atoms with Crippen LogP contribution in [0.3, 0.4) is 0 Å². The quantitative estimate of drug-likeness (QED) is 0.827. The Morgan fingerprint density at radius 1 is 1.56 bits per heavy atom. The number of aromatic nitrogens is 1. The third kappa shape index (κ3) is 3.15. The first-order valence-corrected chi connectivity index (χ1v) is 4.91. The van der Waals surface area contributed by atoms with E-state index < -0.39 is 5.82 Å². The van der Waals surface area contributed by atoms with Gasteiger partial charge in [0.1, 0.15) is 11.6 Å². The van der Waals surface area contributed by atoms with Crippen molar-refractivity contribution < 1.29 is 9.18 Å². The average Bonchev–Trinajstić information content (AvgIpc) is 2.74. The zero-order chi connectivity index (χ0) is 10.7. The Morgan fingerprint density at radius 2 is 2.38 bits per heavy atom. The number of rotatable bonds is 2. The Balaban J connectivity index is 0.00000128.